The highest BCUT2D eigenvalue weighted by Crippen LogP contribution is 2.32. The van der Waals surface area contributed by atoms with Gasteiger partial charge < -0.3 is 4.90 Å². The number of anilines is 2. The summed E-state index contributed by atoms with van der Waals surface area (Å²) < 4.78 is 27.0. The van der Waals surface area contributed by atoms with Crippen molar-refractivity contribution in [1.82, 2.24) is 9.55 Å². The number of nitrogens with one attached hydrogen (secondary N) is 2. The third-order valence-electron chi connectivity index (χ3n) is 5.08. The molecule has 0 fully saturated rings. The highest BCUT2D eigenvalue weighted by molar-refractivity contribution is 6.31. The van der Waals surface area contributed by atoms with Gasteiger partial charge in [-0.15, -0.1) is 0 Å². The van der Waals surface area contributed by atoms with Gasteiger partial charge in [-0.05, 0) is 41.5 Å². The topological polar surface area (TPSA) is 68.8 Å². The summed E-state index contributed by atoms with van der Waals surface area (Å²) in [6, 6.07) is 19.1. The van der Waals surface area contributed by atoms with Crippen molar-refractivity contribution in [3.63, 3.8) is 0 Å². The van der Waals surface area contributed by atoms with Crippen molar-refractivity contribution in [3.05, 3.63) is 82.9 Å². The van der Waals surface area contributed by atoms with Gasteiger partial charge in [0.25, 0.3) is 6.43 Å². The van der Waals surface area contributed by atoms with Crippen molar-refractivity contribution >= 4 is 40.3 Å². The molecule has 0 saturated carbocycles. The molecule has 0 bridgehead atoms. The molecule has 5 nitrogen and oxygen atoms in total. The van der Waals surface area contributed by atoms with Gasteiger partial charge in [0.05, 0.1) is 11.9 Å². The molecule has 0 amide bonds. The average Bonchev–Trinajstić information content (AvgIpc) is 2.78. The SMILES string of the molecule is CN(c1cccc(-c2ccc(C(F)F)cc2)c1)c1nc(=N)n(C=N)c2cc(Cl)ccc12. The summed E-state index contributed by atoms with van der Waals surface area (Å²) in [4.78, 5) is 6.24. The van der Waals surface area contributed by atoms with E-state index in [0.29, 0.717) is 16.4 Å². The standard InChI is InChI=1S/C23H18ClF2N5/c1-30(22-19-10-9-17(24)12-20(19)31(13-27)23(28)29-22)18-4-2-3-16(11-18)14-5-7-15(8-6-14)21(25)26/h2-13,21,27-28H,1H3. The Morgan fingerprint density at radius 2 is 1.77 bits per heavy atom. The molecule has 0 unspecified atom stereocenters. The molecule has 0 aliphatic carbocycles. The van der Waals surface area contributed by atoms with E-state index in [4.69, 9.17) is 22.4 Å². The van der Waals surface area contributed by atoms with E-state index in [-0.39, 0.29) is 11.2 Å². The summed E-state index contributed by atoms with van der Waals surface area (Å²) >= 11 is 6.14. The Kier molecular flexibility index (Phi) is 5.52. The minimum atomic E-state index is -2.50. The molecule has 1 heterocycles. The van der Waals surface area contributed by atoms with Crippen molar-refractivity contribution < 1.29 is 8.78 Å². The summed E-state index contributed by atoms with van der Waals surface area (Å²) in [6.45, 7) is 0. The maximum Gasteiger partial charge on any atom is 0.263 e. The lowest BCUT2D eigenvalue weighted by molar-refractivity contribution is 0.151. The Morgan fingerprint density at radius 1 is 1.03 bits per heavy atom. The van der Waals surface area contributed by atoms with E-state index in [1.165, 1.54) is 16.7 Å². The van der Waals surface area contributed by atoms with Crippen LogP contribution < -0.4 is 10.5 Å². The summed E-state index contributed by atoms with van der Waals surface area (Å²) in [7, 11) is 1.84. The predicted molar refractivity (Wildman–Crippen MR) is 120 cm³/mol. The minimum absolute atomic E-state index is 0.0156. The van der Waals surface area contributed by atoms with Gasteiger partial charge in [-0.25, -0.2) is 8.78 Å². The third-order valence-corrected chi connectivity index (χ3v) is 5.31. The fourth-order valence-corrected chi connectivity index (χ4v) is 3.61. The van der Waals surface area contributed by atoms with E-state index in [1.807, 2.05) is 42.3 Å². The van der Waals surface area contributed by atoms with E-state index in [1.54, 1.807) is 24.3 Å². The van der Waals surface area contributed by atoms with Gasteiger partial charge in [-0.2, -0.15) is 4.98 Å². The molecule has 4 aromatic rings. The number of nitrogens with zero attached hydrogens (tertiary/aromatic N) is 3. The zero-order valence-electron chi connectivity index (χ0n) is 16.5. The first kappa shape index (κ1) is 20.7. The lowest BCUT2D eigenvalue weighted by Gasteiger charge is -2.22. The Labute approximate surface area is 182 Å². The van der Waals surface area contributed by atoms with Crippen molar-refractivity contribution in [2.75, 3.05) is 11.9 Å². The lowest BCUT2D eigenvalue weighted by atomic mass is 10.0. The Balaban J connectivity index is 1.80. The molecule has 1 aromatic heterocycles. The molecule has 31 heavy (non-hydrogen) atoms. The van der Waals surface area contributed by atoms with E-state index >= 15 is 0 Å². The van der Waals surface area contributed by atoms with Gasteiger partial charge >= 0.3 is 0 Å². The van der Waals surface area contributed by atoms with E-state index in [9.17, 15) is 8.78 Å². The lowest BCUT2D eigenvalue weighted by Crippen LogP contribution is -2.26. The van der Waals surface area contributed by atoms with Crippen LogP contribution in [0, 0.1) is 10.8 Å². The molecule has 0 aliphatic heterocycles. The van der Waals surface area contributed by atoms with Crippen LogP contribution in [0.15, 0.2) is 66.7 Å². The Morgan fingerprint density at radius 3 is 2.45 bits per heavy atom. The van der Waals surface area contributed by atoms with Gasteiger partial charge in [-0.3, -0.25) is 15.4 Å². The maximum absolute atomic E-state index is 12.8. The molecular weight excluding hydrogens is 420 g/mol. The molecule has 0 saturated heterocycles. The van der Waals surface area contributed by atoms with Crippen molar-refractivity contribution in [2.45, 2.75) is 6.43 Å². The maximum atomic E-state index is 12.8. The number of hydrogen-bond donors (Lipinski definition) is 2. The smallest absolute Gasteiger partial charge is 0.263 e. The molecule has 2 N–H and O–H groups in total. The fraction of sp³-hybridized carbons (Fsp3) is 0.0870. The van der Waals surface area contributed by atoms with Crippen LogP contribution in [0.25, 0.3) is 22.0 Å². The van der Waals surface area contributed by atoms with Crippen LogP contribution in [0.2, 0.25) is 5.02 Å². The molecule has 0 spiro atoms. The molecular formula is C23H18ClF2N5. The second-order valence-corrected chi connectivity index (χ2v) is 7.39. The van der Waals surface area contributed by atoms with Crippen LogP contribution in [0.3, 0.4) is 0 Å². The quantitative estimate of drug-likeness (QED) is 0.297. The van der Waals surface area contributed by atoms with E-state index in [2.05, 4.69) is 4.98 Å². The van der Waals surface area contributed by atoms with Crippen LogP contribution in [-0.4, -0.2) is 22.9 Å². The summed E-state index contributed by atoms with van der Waals surface area (Å²) in [6.07, 6.45) is -1.47. The predicted octanol–water partition coefficient (Wildman–Crippen LogP) is 6.00. The minimum Gasteiger partial charge on any atom is -0.329 e. The first-order valence-electron chi connectivity index (χ1n) is 9.38. The van der Waals surface area contributed by atoms with E-state index < -0.39 is 6.43 Å². The normalized spacial score (nSPS) is 11.1. The molecule has 3 aromatic carbocycles. The zero-order valence-corrected chi connectivity index (χ0v) is 17.2. The number of halogens is 3. The number of hydrogen-bond acceptors (Lipinski definition) is 4. The van der Waals surface area contributed by atoms with Crippen molar-refractivity contribution in [2.24, 2.45) is 0 Å². The molecule has 156 valence electrons. The first-order valence-corrected chi connectivity index (χ1v) is 9.76. The second-order valence-electron chi connectivity index (χ2n) is 6.95. The number of benzene rings is 3. The molecule has 8 heteroatoms. The van der Waals surface area contributed by atoms with Crippen molar-refractivity contribution in [1.29, 1.82) is 10.8 Å². The van der Waals surface area contributed by atoms with Gasteiger partial charge in [0, 0.05) is 28.7 Å². The molecule has 4 rings (SSSR count). The molecule has 0 radical (unpaired) electrons. The molecule has 0 aliphatic rings. The fourth-order valence-electron chi connectivity index (χ4n) is 3.45. The Hall–Kier alpha value is -3.58. The van der Waals surface area contributed by atoms with Crippen LogP contribution in [0.4, 0.5) is 20.3 Å². The van der Waals surface area contributed by atoms with Crippen LogP contribution in [0.5, 0.6) is 0 Å². The number of aromatic nitrogens is 2. The second kappa shape index (κ2) is 8.28. The van der Waals surface area contributed by atoms with Gasteiger partial charge in [0.2, 0.25) is 5.62 Å². The summed E-state index contributed by atoms with van der Waals surface area (Å²) in [5.41, 5.74) is 2.99. The van der Waals surface area contributed by atoms with Crippen LogP contribution in [-0.2, 0) is 0 Å². The number of rotatable bonds is 5. The number of fused-ring (bicyclic) bond motifs is 1. The Bertz CT molecular complexity index is 1330. The highest BCUT2D eigenvalue weighted by Gasteiger charge is 2.15. The monoisotopic (exact) mass is 437 g/mol. The van der Waals surface area contributed by atoms with E-state index in [0.717, 1.165) is 28.5 Å². The summed E-state index contributed by atoms with van der Waals surface area (Å²) in [5, 5.41) is 17.1. The zero-order chi connectivity index (χ0) is 22.1. The van der Waals surface area contributed by atoms with Crippen LogP contribution >= 0.6 is 11.6 Å². The summed E-state index contributed by atoms with van der Waals surface area (Å²) in [5.74, 6) is 0.542. The first-order chi connectivity index (χ1) is 14.9. The number of alkyl halides is 2. The highest BCUT2D eigenvalue weighted by atomic mass is 35.5. The third kappa shape index (κ3) is 3.92. The average molecular weight is 438 g/mol. The largest absolute Gasteiger partial charge is 0.329 e. The van der Waals surface area contributed by atoms with Gasteiger partial charge in [-0.1, -0.05) is 48.0 Å². The van der Waals surface area contributed by atoms with Crippen molar-refractivity contribution in [3.8, 4) is 11.1 Å². The van der Waals surface area contributed by atoms with Gasteiger partial charge in [0.1, 0.15) is 5.82 Å². The van der Waals surface area contributed by atoms with Gasteiger partial charge in [0.15, 0.2) is 0 Å². The van der Waals surface area contributed by atoms with Crippen LogP contribution in [0.1, 0.15) is 12.0 Å². The molecule has 0 atom stereocenters.